The maximum atomic E-state index is 13.8. The molecule has 36 heavy (non-hydrogen) atoms. The lowest BCUT2D eigenvalue weighted by Crippen LogP contribution is -2.38. The molecule has 0 saturated heterocycles. The predicted molar refractivity (Wildman–Crippen MR) is 142 cm³/mol. The van der Waals surface area contributed by atoms with Crippen molar-refractivity contribution in [2.75, 3.05) is 0 Å². The molecule has 1 aliphatic carbocycles. The van der Waals surface area contributed by atoms with Gasteiger partial charge in [-0.15, -0.1) is 0 Å². The number of hydrogen-bond donors (Lipinski definition) is 1. The van der Waals surface area contributed by atoms with Crippen LogP contribution in [0.15, 0.2) is 86.6 Å². The van der Waals surface area contributed by atoms with Gasteiger partial charge >= 0.3 is 0 Å². The largest absolute Gasteiger partial charge is 0.507 e. The molecule has 0 saturated carbocycles. The normalized spacial score (nSPS) is 16.7. The van der Waals surface area contributed by atoms with Crippen LogP contribution in [-0.4, -0.2) is 14.6 Å². The lowest BCUT2D eigenvalue weighted by Gasteiger charge is -2.30. The van der Waals surface area contributed by atoms with E-state index in [1.165, 1.54) is 23.0 Å². The number of hydrogen-bond acceptors (Lipinski definition) is 6. The zero-order valence-electron chi connectivity index (χ0n) is 18.7. The Morgan fingerprint density at radius 1 is 1.11 bits per heavy atom. The molecule has 2 aliphatic rings. The summed E-state index contributed by atoms with van der Waals surface area (Å²) in [5.74, 6) is 0.116. The lowest BCUT2D eigenvalue weighted by atomic mass is 9.83. The molecule has 0 bridgehead atoms. The number of nitrogens with zero attached hydrogens (tertiary/aromatic N) is 3. The van der Waals surface area contributed by atoms with Crippen LogP contribution in [0.2, 0.25) is 0 Å². The van der Waals surface area contributed by atoms with Gasteiger partial charge in [0.25, 0.3) is 11.2 Å². The highest BCUT2D eigenvalue weighted by Crippen LogP contribution is 2.41. The third-order valence-electron chi connectivity index (χ3n) is 6.54. The molecule has 0 amide bonds. The van der Waals surface area contributed by atoms with E-state index in [9.17, 15) is 20.0 Å². The summed E-state index contributed by atoms with van der Waals surface area (Å²) < 4.78 is 2.69. The van der Waals surface area contributed by atoms with E-state index in [0.29, 0.717) is 25.8 Å². The highest BCUT2D eigenvalue weighted by atomic mass is 79.9. The van der Waals surface area contributed by atoms with Crippen LogP contribution in [-0.2, 0) is 6.42 Å². The van der Waals surface area contributed by atoms with Crippen molar-refractivity contribution in [2.24, 2.45) is 4.99 Å². The highest BCUT2D eigenvalue weighted by molar-refractivity contribution is 9.10. The molecule has 3 aromatic carbocycles. The molecule has 0 spiro atoms. The molecule has 178 valence electrons. The molecule has 1 aromatic heterocycles. The smallest absolute Gasteiger partial charge is 0.271 e. The topological polar surface area (TPSA) is 97.7 Å². The Bertz CT molecular complexity index is 1790. The number of allylic oxidation sites excluding steroid dienone is 1. The first kappa shape index (κ1) is 22.6. The number of thiazole rings is 1. The minimum absolute atomic E-state index is 0.0149. The van der Waals surface area contributed by atoms with E-state index >= 15 is 0 Å². The van der Waals surface area contributed by atoms with Crippen LogP contribution in [0.3, 0.4) is 0 Å². The molecule has 0 unspecified atom stereocenters. The average molecular weight is 560 g/mol. The number of nitro benzene ring substituents is 1. The van der Waals surface area contributed by atoms with Gasteiger partial charge in [-0.3, -0.25) is 19.5 Å². The predicted octanol–water partition coefficient (Wildman–Crippen LogP) is 4.70. The average Bonchev–Trinajstić information content (AvgIpc) is 3.19. The van der Waals surface area contributed by atoms with Gasteiger partial charge in [-0.2, -0.15) is 0 Å². The van der Waals surface area contributed by atoms with Gasteiger partial charge in [-0.25, -0.2) is 4.99 Å². The number of nitro groups is 1. The third kappa shape index (κ3) is 3.71. The Labute approximate surface area is 217 Å². The summed E-state index contributed by atoms with van der Waals surface area (Å²) in [4.78, 5) is 30.4. The van der Waals surface area contributed by atoms with Crippen molar-refractivity contribution in [1.82, 2.24) is 4.57 Å². The molecule has 7 nitrogen and oxygen atoms in total. The van der Waals surface area contributed by atoms with Gasteiger partial charge in [0.05, 0.1) is 25.7 Å². The number of halogens is 1. The summed E-state index contributed by atoms with van der Waals surface area (Å²) in [6, 6.07) is 19.2. The zero-order valence-corrected chi connectivity index (χ0v) is 21.1. The molecule has 2 heterocycles. The number of phenolic OH excluding ortho intramolecular Hbond substituents is 1. The van der Waals surface area contributed by atoms with Crippen molar-refractivity contribution in [2.45, 2.75) is 18.9 Å². The Hall–Kier alpha value is -3.82. The van der Waals surface area contributed by atoms with E-state index < -0.39 is 11.0 Å². The van der Waals surface area contributed by atoms with Gasteiger partial charge in [0, 0.05) is 17.7 Å². The summed E-state index contributed by atoms with van der Waals surface area (Å²) >= 11 is 4.61. The molecule has 6 rings (SSSR count). The van der Waals surface area contributed by atoms with Crippen molar-refractivity contribution >= 4 is 44.7 Å². The van der Waals surface area contributed by atoms with Crippen molar-refractivity contribution < 1.29 is 10.0 Å². The summed E-state index contributed by atoms with van der Waals surface area (Å²) in [5.41, 5.74) is 5.29. The Morgan fingerprint density at radius 2 is 1.94 bits per heavy atom. The van der Waals surface area contributed by atoms with Gasteiger partial charge in [0.15, 0.2) is 4.80 Å². The van der Waals surface area contributed by atoms with Gasteiger partial charge < -0.3 is 5.11 Å². The van der Waals surface area contributed by atoms with E-state index in [0.717, 1.165) is 28.8 Å². The second kappa shape index (κ2) is 8.69. The van der Waals surface area contributed by atoms with E-state index in [2.05, 4.69) is 22.0 Å². The fourth-order valence-electron chi connectivity index (χ4n) is 4.90. The highest BCUT2D eigenvalue weighted by Gasteiger charge is 2.33. The monoisotopic (exact) mass is 559 g/mol. The first-order valence-electron chi connectivity index (χ1n) is 11.3. The van der Waals surface area contributed by atoms with Crippen LogP contribution in [0.4, 0.5) is 5.69 Å². The van der Waals surface area contributed by atoms with Gasteiger partial charge in [0.1, 0.15) is 5.75 Å². The van der Waals surface area contributed by atoms with Crippen LogP contribution < -0.4 is 14.9 Å². The van der Waals surface area contributed by atoms with Gasteiger partial charge in [-0.1, -0.05) is 53.8 Å². The second-order valence-corrected chi connectivity index (χ2v) is 10.5. The fourth-order valence-corrected chi connectivity index (χ4v) is 6.29. The van der Waals surface area contributed by atoms with Gasteiger partial charge in [-0.05, 0) is 69.2 Å². The minimum Gasteiger partial charge on any atom is -0.507 e. The Balaban J connectivity index is 1.62. The maximum Gasteiger partial charge on any atom is 0.271 e. The molecule has 9 heteroatoms. The molecular formula is C27H18BrN3O4S. The molecule has 0 fully saturated rings. The Kier molecular flexibility index (Phi) is 5.46. The van der Waals surface area contributed by atoms with E-state index in [4.69, 9.17) is 4.99 Å². The summed E-state index contributed by atoms with van der Waals surface area (Å²) in [6.45, 7) is 0. The number of benzene rings is 3. The minimum atomic E-state index is -0.488. The number of aryl methyl sites for hydroxylation is 1. The quantitative estimate of drug-likeness (QED) is 0.290. The Morgan fingerprint density at radius 3 is 2.75 bits per heavy atom. The summed E-state index contributed by atoms with van der Waals surface area (Å²) in [6.07, 6.45) is 3.29. The van der Waals surface area contributed by atoms with Crippen LogP contribution in [0, 0.1) is 10.1 Å². The van der Waals surface area contributed by atoms with Crippen molar-refractivity contribution in [3.05, 3.63) is 129 Å². The number of aromatic hydroxyl groups is 1. The molecule has 4 aromatic rings. The molecular weight excluding hydrogens is 542 g/mol. The van der Waals surface area contributed by atoms with E-state index in [1.807, 2.05) is 24.3 Å². The van der Waals surface area contributed by atoms with Crippen LogP contribution >= 0.6 is 27.3 Å². The van der Waals surface area contributed by atoms with Gasteiger partial charge in [0.2, 0.25) is 0 Å². The SMILES string of the molecule is O=c1/c(=C\c2ccc(O)c(Br)c2)sc2n1[C@@H](c1cccc([N+](=O)[O-])c1)C1=C(N=2)c2ccccc2CC1. The maximum absolute atomic E-state index is 13.8. The first-order valence-corrected chi connectivity index (χ1v) is 12.9. The number of aromatic nitrogens is 1. The summed E-state index contributed by atoms with van der Waals surface area (Å²) in [7, 11) is 0. The lowest BCUT2D eigenvalue weighted by molar-refractivity contribution is -0.384. The van der Waals surface area contributed by atoms with E-state index in [1.54, 1.807) is 41.0 Å². The number of rotatable bonds is 3. The van der Waals surface area contributed by atoms with Crippen LogP contribution in [0.25, 0.3) is 11.8 Å². The van der Waals surface area contributed by atoms with Crippen LogP contribution in [0.1, 0.15) is 34.7 Å². The number of fused-ring (bicyclic) bond motifs is 3. The zero-order chi connectivity index (χ0) is 25.0. The standard InChI is InChI=1S/C27H18BrN3O4S/c28-21-12-15(8-11-22(21)32)13-23-26(33)30-25(17-5-3-6-18(14-17)31(34)35)20-10-9-16-4-1-2-7-19(16)24(20)29-27(30)36-23/h1-8,11-14,25,32H,9-10H2/b23-13+/t25-/m0/s1. The first-order chi connectivity index (χ1) is 17.4. The molecule has 1 N–H and O–H groups in total. The summed E-state index contributed by atoms with van der Waals surface area (Å²) in [5, 5.41) is 21.4. The van der Waals surface area contributed by atoms with Crippen molar-refractivity contribution in [1.29, 1.82) is 0 Å². The fraction of sp³-hybridized carbons (Fsp3) is 0.111. The number of phenols is 1. The molecule has 1 atom stereocenters. The van der Waals surface area contributed by atoms with Crippen molar-refractivity contribution in [3.8, 4) is 5.75 Å². The third-order valence-corrected chi connectivity index (χ3v) is 8.16. The molecule has 0 radical (unpaired) electrons. The van der Waals surface area contributed by atoms with Crippen LogP contribution in [0.5, 0.6) is 5.75 Å². The van der Waals surface area contributed by atoms with Crippen molar-refractivity contribution in [3.63, 3.8) is 0 Å². The van der Waals surface area contributed by atoms with E-state index in [-0.39, 0.29) is 17.0 Å². The molecule has 1 aliphatic heterocycles. The second-order valence-electron chi connectivity index (χ2n) is 8.68. The number of non-ortho nitro benzene ring substituents is 1.